The van der Waals surface area contributed by atoms with Crippen LogP contribution < -0.4 is 0 Å². The van der Waals surface area contributed by atoms with E-state index >= 15 is 0 Å². The number of alkyl halides is 1. The molecule has 5 heteroatoms. The third-order valence-electron chi connectivity index (χ3n) is 10.5. The zero-order valence-corrected chi connectivity index (χ0v) is 31.0. The van der Waals surface area contributed by atoms with Crippen molar-refractivity contribution in [2.45, 2.75) is 153 Å². The van der Waals surface area contributed by atoms with Crippen molar-refractivity contribution in [3.63, 3.8) is 0 Å². The standard InChI is InChI=1S/C36H54INO2Si/c1-22(2)31-29-30(28-25(38-31)20-35(9,10)21-26(28)40-41(11,12)34(6,7)8)36(19-13-14-27(36)37)39-32(29)23-15-17-24(18-16-23)33(3,4)5/h15-18,22,26-27,32H,13-14,19-21H2,1-12H3/t26-,27?,32+,36?/m0/s1. The third-order valence-corrected chi connectivity index (χ3v) is 16.6. The van der Waals surface area contributed by atoms with Gasteiger partial charge in [0.1, 0.15) is 11.7 Å². The lowest BCUT2D eigenvalue weighted by Crippen LogP contribution is -2.44. The lowest BCUT2D eigenvalue weighted by Gasteiger charge is -2.45. The Morgan fingerprint density at radius 3 is 2.17 bits per heavy atom. The molecule has 5 rings (SSSR count). The van der Waals surface area contributed by atoms with Gasteiger partial charge in [-0.3, -0.25) is 4.98 Å². The van der Waals surface area contributed by atoms with Gasteiger partial charge in [0.2, 0.25) is 0 Å². The molecule has 2 heterocycles. The normalized spacial score (nSPS) is 27.9. The molecule has 226 valence electrons. The molecule has 3 aliphatic rings. The van der Waals surface area contributed by atoms with E-state index in [4.69, 9.17) is 14.1 Å². The zero-order chi connectivity index (χ0) is 30.3. The van der Waals surface area contributed by atoms with Crippen LogP contribution in [0, 0.1) is 5.41 Å². The van der Waals surface area contributed by atoms with Crippen LogP contribution in [0.3, 0.4) is 0 Å². The van der Waals surface area contributed by atoms with E-state index in [-0.39, 0.29) is 33.7 Å². The van der Waals surface area contributed by atoms with Crippen LogP contribution in [0.15, 0.2) is 24.3 Å². The topological polar surface area (TPSA) is 31.4 Å². The summed E-state index contributed by atoms with van der Waals surface area (Å²) in [6.45, 7) is 28.2. The molecule has 2 unspecified atom stereocenters. The minimum absolute atomic E-state index is 0.0591. The molecule has 2 aliphatic carbocycles. The number of pyridine rings is 1. The molecular formula is C36H54INO2Si. The Morgan fingerprint density at radius 2 is 1.66 bits per heavy atom. The van der Waals surface area contributed by atoms with E-state index in [9.17, 15) is 0 Å². The molecular weight excluding hydrogens is 633 g/mol. The second-order valence-electron chi connectivity index (χ2n) is 16.8. The predicted octanol–water partition coefficient (Wildman–Crippen LogP) is 10.8. The maximum Gasteiger partial charge on any atom is 0.192 e. The van der Waals surface area contributed by atoms with Gasteiger partial charge in [0.25, 0.3) is 0 Å². The first-order valence-corrected chi connectivity index (χ1v) is 20.1. The number of halogens is 1. The van der Waals surface area contributed by atoms with Gasteiger partial charge in [-0.05, 0) is 78.1 Å². The first-order valence-electron chi connectivity index (χ1n) is 15.9. The van der Waals surface area contributed by atoms with E-state index < -0.39 is 8.32 Å². The van der Waals surface area contributed by atoms with Gasteiger partial charge in [-0.2, -0.15) is 0 Å². The fourth-order valence-electron chi connectivity index (χ4n) is 7.16. The van der Waals surface area contributed by atoms with Crippen molar-refractivity contribution >= 4 is 30.9 Å². The van der Waals surface area contributed by atoms with Crippen molar-refractivity contribution < 1.29 is 9.16 Å². The maximum absolute atomic E-state index is 7.47. The summed E-state index contributed by atoms with van der Waals surface area (Å²) in [5.74, 6) is 0.322. The number of ether oxygens (including phenoxy) is 1. The van der Waals surface area contributed by atoms with Gasteiger partial charge in [0, 0.05) is 32.0 Å². The summed E-state index contributed by atoms with van der Waals surface area (Å²) in [5, 5.41) is 0.147. The highest BCUT2D eigenvalue weighted by molar-refractivity contribution is 14.1. The molecule has 4 atom stereocenters. The Hall–Kier alpha value is -0.763. The van der Waals surface area contributed by atoms with Crippen molar-refractivity contribution in [1.29, 1.82) is 0 Å². The molecule has 1 saturated carbocycles. The van der Waals surface area contributed by atoms with Crippen molar-refractivity contribution in [3.8, 4) is 0 Å². The third kappa shape index (κ3) is 5.52. The summed E-state index contributed by atoms with van der Waals surface area (Å²) in [7, 11) is -2.04. The Balaban J connectivity index is 1.78. The second-order valence-corrected chi connectivity index (χ2v) is 23.1. The van der Waals surface area contributed by atoms with Crippen LogP contribution in [0.1, 0.15) is 152 Å². The van der Waals surface area contributed by atoms with Gasteiger partial charge >= 0.3 is 0 Å². The van der Waals surface area contributed by atoms with Crippen LogP contribution in [-0.2, 0) is 26.6 Å². The minimum Gasteiger partial charge on any atom is -0.410 e. The molecule has 1 aromatic carbocycles. The molecule has 0 radical (unpaired) electrons. The van der Waals surface area contributed by atoms with Gasteiger partial charge in [-0.15, -0.1) is 0 Å². The largest absolute Gasteiger partial charge is 0.410 e. The average Bonchev–Trinajstić information content (AvgIpc) is 3.37. The molecule has 0 N–H and O–H groups in total. The summed E-state index contributed by atoms with van der Waals surface area (Å²) >= 11 is 2.71. The Kier molecular flexibility index (Phi) is 8.04. The summed E-state index contributed by atoms with van der Waals surface area (Å²) in [6, 6.07) is 9.27. The average molecular weight is 688 g/mol. The van der Waals surface area contributed by atoms with Gasteiger partial charge in [-0.25, -0.2) is 0 Å². The highest BCUT2D eigenvalue weighted by atomic mass is 127. The summed E-state index contributed by atoms with van der Waals surface area (Å²) in [4.78, 5) is 5.59. The van der Waals surface area contributed by atoms with Crippen molar-refractivity contribution in [2.75, 3.05) is 0 Å². The van der Waals surface area contributed by atoms with E-state index in [1.165, 1.54) is 52.0 Å². The van der Waals surface area contributed by atoms with Gasteiger partial charge in [-0.1, -0.05) is 116 Å². The first-order chi connectivity index (χ1) is 18.8. The van der Waals surface area contributed by atoms with E-state index in [0.29, 0.717) is 9.84 Å². The van der Waals surface area contributed by atoms with Gasteiger partial charge < -0.3 is 9.16 Å². The predicted molar refractivity (Wildman–Crippen MR) is 183 cm³/mol. The van der Waals surface area contributed by atoms with Crippen LogP contribution in [0.5, 0.6) is 0 Å². The molecule has 2 aromatic rings. The van der Waals surface area contributed by atoms with E-state index in [0.717, 1.165) is 19.3 Å². The Bertz CT molecular complexity index is 1300. The van der Waals surface area contributed by atoms with Crippen LogP contribution in [0.2, 0.25) is 18.1 Å². The molecule has 0 bridgehead atoms. The van der Waals surface area contributed by atoms with Gasteiger partial charge in [0.05, 0.1) is 6.10 Å². The van der Waals surface area contributed by atoms with Crippen molar-refractivity contribution in [1.82, 2.24) is 4.98 Å². The highest BCUT2D eigenvalue weighted by Crippen LogP contribution is 2.62. The first kappa shape index (κ1) is 31.7. The summed E-state index contributed by atoms with van der Waals surface area (Å²) in [5.41, 5.74) is 9.33. The van der Waals surface area contributed by atoms with Crippen LogP contribution in [0.25, 0.3) is 0 Å². The fourth-order valence-corrected chi connectivity index (χ4v) is 9.63. The number of benzene rings is 1. The number of nitrogens with zero attached hydrogens (tertiary/aromatic N) is 1. The van der Waals surface area contributed by atoms with Crippen LogP contribution in [-0.4, -0.2) is 17.2 Å². The SMILES string of the molecule is CC(C)c1nc2c(c3c1[C@@H](c1ccc(C(C)(C)C)cc1)OC31CCCC1I)[C@@H](O[Si](C)(C)C(C)(C)C)CC(C)(C)C2. The second kappa shape index (κ2) is 10.4. The molecule has 3 nitrogen and oxygen atoms in total. The molecule has 1 fully saturated rings. The summed E-state index contributed by atoms with van der Waals surface area (Å²) in [6.07, 6.45) is 5.48. The van der Waals surface area contributed by atoms with Crippen molar-refractivity contribution in [3.05, 3.63) is 63.5 Å². The highest BCUT2D eigenvalue weighted by Gasteiger charge is 2.57. The van der Waals surface area contributed by atoms with Crippen molar-refractivity contribution in [2.24, 2.45) is 5.41 Å². The minimum atomic E-state index is -2.04. The van der Waals surface area contributed by atoms with E-state index in [2.05, 4.69) is 129 Å². The summed E-state index contributed by atoms with van der Waals surface area (Å²) < 4.78 is 15.3. The number of hydrogen-bond donors (Lipinski definition) is 0. The lowest BCUT2D eigenvalue weighted by atomic mass is 9.70. The van der Waals surface area contributed by atoms with E-state index in [1.54, 1.807) is 0 Å². The van der Waals surface area contributed by atoms with Crippen LogP contribution in [0.4, 0.5) is 0 Å². The van der Waals surface area contributed by atoms with Crippen LogP contribution >= 0.6 is 22.6 Å². The molecule has 0 saturated heterocycles. The Morgan fingerprint density at radius 1 is 1.02 bits per heavy atom. The lowest BCUT2D eigenvalue weighted by molar-refractivity contribution is -0.0515. The molecule has 0 amide bonds. The number of rotatable bonds is 4. The monoisotopic (exact) mass is 687 g/mol. The maximum atomic E-state index is 7.47. The molecule has 1 aromatic heterocycles. The molecule has 1 aliphatic heterocycles. The fraction of sp³-hybridized carbons (Fsp3) is 0.694. The zero-order valence-electron chi connectivity index (χ0n) is 27.8. The smallest absolute Gasteiger partial charge is 0.192 e. The number of hydrogen-bond acceptors (Lipinski definition) is 3. The number of fused-ring (bicyclic) bond motifs is 4. The van der Waals surface area contributed by atoms with E-state index in [1.807, 2.05) is 0 Å². The number of aromatic nitrogens is 1. The molecule has 1 spiro atoms. The quantitative estimate of drug-likeness (QED) is 0.182. The Labute approximate surface area is 265 Å². The van der Waals surface area contributed by atoms with Gasteiger partial charge in [0.15, 0.2) is 8.32 Å². The molecule has 41 heavy (non-hydrogen) atoms.